The van der Waals surface area contributed by atoms with Crippen molar-refractivity contribution >= 4 is 0 Å². The standard InChI is InChI=1S/C24H38O4/c1-19(2,25-27-21(5)9-7-11-23(21)15-16-23)13-14-20(3,4)26-28-22(6)10-8-12-24(22)17-18-24/h7-12,15-18H2,1-6H3. The van der Waals surface area contributed by atoms with Gasteiger partial charge in [0.1, 0.15) is 11.2 Å². The maximum Gasteiger partial charge on any atom is 0.158 e. The lowest BCUT2D eigenvalue weighted by atomic mass is 9.90. The molecule has 0 amide bonds. The van der Waals surface area contributed by atoms with Crippen LogP contribution in [0, 0.1) is 22.7 Å². The molecule has 0 saturated heterocycles. The van der Waals surface area contributed by atoms with E-state index in [9.17, 15) is 0 Å². The zero-order chi connectivity index (χ0) is 20.3. The summed E-state index contributed by atoms with van der Waals surface area (Å²) in [6.45, 7) is 12.2. The summed E-state index contributed by atoms with van der Waals surface area (Å²) < 4.78 is 0. The van der Waals surface area contributed by atoms with Crippen molar-refractivity contribution in [3.05, 3.63) is 0 Å². The molecule has 0 heterocycles. The van der Waals surface area contributed by atoms with Gasteiger partial charge in [-0.05, 0) is 106 Å². The molecular formula is C24H38O4. The van der Waals surface area contributed by atoms with Crippen molar-refractivity contribution in [2.75, 3.05) is 0 Å². The molecule has 2 atom stereocenters. The maximum atomic E-state index is 6.02. The van der Waals surface area contributed by atoms with E-state index in [4.69, 9.17) is 19.6 Å². The molecule has 0 N–H and O–H groups in total. The van der Waals surface area contributed by atoms with Crippen LogP contribution in [0.25, 0.3) is 0 Å². The molecule has 0 radical (unpaired) electrons. The summed E-state index contributed by atoms with van der Waals surface area (Å²) in [5, 5.41) is 0. The van der Waals surface area contributed by atoms with Crippen LogP contribution in [0.15, 0.2) is 0 Å². The van der Waals surface area contributed by atoms with Crippen LogP contribution < -0.4 is 0 Å². The lowest BCUT2D eigenvalue weighted by Gasteiger charge is -2.34. The molecule has 0 aromatic heterocycles. The summed E-state index contributed by atoms with van der Waals surface area (Å²) in [5.74, 6) is 6.42. The molecule has 4 aliphatic carbocycles. The van der Waals surface area contributed by atoms with Crippen molar-refractivity contribution in [3.63, 3.8) is 0 Å². The van der Waals surface area contributed by atoms with Crippen LogP contribution in [0.1, 0.15) is 106 Å². The molecule has 0 bridgehead atoms. The van der Waals surface area contributed by atoms with E-state index in [1.165, 1.54) is 51.4 Å². The largest absolute Gasteiger partial charge is 0.228 e. The van der Waals surface area contributed by atoms with Gasteiger partial charge >= 0.3 is 0 Å². The maximum absolute atomic E-state index is 6.02. The predicted molar refractivity (Wildman–Crippen MR) is 108 cm³/mol. The molecule has 4 nitrogen and oxygen atoms in total. The van der Waals surface area contributed by atoms with E-state index in [2.05, 4.69) is 25.7 Å². The van der Waals surface area contributed by atoms with Gasteiger partial charge in [-0.3, -0.25) is 0 Å². The fourth-order valence-corrected chi connectivity index (χ4v) is 5.44. The SMILES string of the molecule is CC(C)(C#CC(C)(C)OOC1(C)CCCC12CC2)OOC1(C)CCCC12CC2. The van der Waals surface area contributed by atoms with Crippen LogP contribution in [0.4, 0.5) is 0 Å². The van der Waals surface area contributed by atoms with E-state index in [-0.39, 0.29) is 11.2 Å². The summed E-state index contributed by atoms with van der Waals surface area (Å²) in [6.07, 6.45) is 12.2. The monoisotopic (exact) mass is 390 g/mol. The van der Waals surface area contributed by atoms with Gasteiger partial charge in [0.25, 0.3) is 0 Å². The van der Waals surface area contributed by atoms with Crippen molar-refractivity contribution in [2.24, 2.45) is 10.8 Å². The Morgan fingerprint density at radius 1 is 0.571 bits per heavy atom. The van der Waals surface area contributed by atoms with E-state index in [1.807, 2.05) is 27.7 Å². The number of hydrogen-bond donors (Lipinski definition) is 0. The van der Waals surface area contributed by atoms with Gasteiger partial charge in [0.05, 0.1) is 0 Å². The Bertz CT molecular complexity index is 620. The summed E-state index contributed by atoms with van der Waals surface area (Å²) in [5.41, 5.74) is -1.04. The van der Waals surface area contributed by atoms with Gasteiger partial charge in [0, 0.05) is 10.8 Å². The Morgan fingerprint density at radius 3 is 1.25 bits per heavy atom. The molecule has 2 spiro atoms. The van der Waals surface area contributed by atoms with E-state index in [0.29, 0.717) is 10.8 Å². The molecule has 0 aliphatic heterocycles. The molecule has 2 unspecified atom stereocenters. The van der Waals surface area contributed by atoms with E-state index in [0.717, 1.165) is 12.8 Å². The van der Waals surface area contributed by atoms with Crippen LogP contribution in [0.3, 0.4) is 0 Å². The van der Waals surface area contributed by atoms with Crippen molar-refractivity contribution in [3.8, 4) is 11.8 Å². The first-order valence-corrected chi connectivity index (χ1v) is 11.2. The molecule has 28 heavy (non-hydrogen) atoms. The summed E-state index contributed by atoms with van der Waals surface area (Å²) in [7, 11) is 0. The summed E-state index contributed by atoms with van der Waals surface area (Å²) in [4.78, 5) is 23.7. The van der Waals surface area contributed by atoms with E-state index >= 15 is 0 Å². The van der Waals surface area contributed by atoms with Gasteiger partial charge in [-0.25, -0.2) is 19.6 Å². The fourth-order valence-electron chi connectivity index (χ4n) is 5.44. The number of hydrogen-bond acceptors (Lipinski definition) is 4. The highest BCUT2D eigenvalue weighted by molar-refractivity contribution is 5.18. The smallest absolute Gasteiger partial charge is 0.158 e. The summed E-state index contributed by atoms with van der Waals surface area (Å²) >= 11 is 0. The quantitative estimate of drug-likeness (QED) is 0.322. The van der Waals surface area contributed by atoms with Crippen molar-refractivity contribution in [2.45, 2.75) is 128 Å². The van der Waals surface area contributed by atoms with Gasteiger partial charge in [-0.1, -0.05) is 11.8 Å². The Labute approximate surface area is 170 Å². The molecule has 4 fully saturated rings. The third-order valence-corrected chi connectivity index (χ3v) is 8.10. The van der Waals surface area contributed by atoms with Crippen LogP contribution in [-0.4, -0.2) is 22.4 Å². The molecule has 4 saturated carbocycles. The second-order valence-corrected chi connectivity index (χ2v) is 11.3. The molecule has 4 aliphatic rings. The Morgan fingerprint density at radius 2 is 0.929 bits per heavy atom. The van der Waals surface area contributed by atoms with Crippen LogP contribution in [-0.2, 0) is 19.6 Å². The van der Waals surface area contributed by atoms with Crippen molar-refractivity contribution in [1.82, 2.24) is 0 Å². The number of rotatable bonds is 6. The second-order valence-electron chi connectivity index (χ2n) is 11.3. The molecule has 4 heteroatoms. The second kappa shape index (κ2) is 6.45. The Balaban J connectivity index is 1.32. The Hall–Kier alpha value is -0.600. The molecule has 4 rings (SSSR count). The average Bonchev–Trinajstić information content (AvgIpc) is 3.50. The molecular weight excluding hydrogens is 352 g/mol. The third-order valence-electron chi connectivity index (χ3n) is 8.10. The van der Waals surface area contributed by atoms with Crippen LogP contribution in [0.5, 0.6) is 0 Å². The fraction of sp³-hybridized carbons (Fsp3) is 0.917. The van der Waals surface area contributed by atoms with Gasteiger partial charge in [-0.2, -0.15) is 0 Å². The predicted octanol–water partition coefficient (Wildman–Crippen LogP) is 5.89. The summed E-state index contributed by atoms with van der Waals surface area (Å²) in [6, 6.07) is 0. The first-order valence-electron chi connectivity index (χ1n) is 11.2. The zero-order valence-corrected chi connectivity index (χ0v) is 18.7. The van der Waals surface area contributed by atoms with Gasteiger partial charge in [-0.15, -0.1) is 0 Å². The zero-order valence-electron chi connectivity index (χ0n) is 18.7. The third kappa shape index (κ3) is 3.65. The normalized spacial score (nSPS) is 35.2. The topological polar surface area (TPSA) is 36.9 Å². The molecule has 0 aromatic carbocycles. The highest BCUT2D eigenvalue weighted by Crippen LogP contribution is 2.65. The van der Waals surface area contributed by atoms with Gasteiger partial charge < -0.3 is 0 Å². The van der Waals surface area contributed by atoms with Crippen LogP contribution >= 0.6 is 0 Å². The lowest BCUT2D eigenvalue weighted by Crippen LogP contribution is -2.39. The minimum atomic E-state index is -0.697. The Kier molecular flexibility index (Phi) is 4.76. The van der Waals surface area contributed by atoms with Crippen molar-refractivity contribution in [1.29, 1.82) is 0 Å². The minimum absolute atomic E-state index is 0.170. The lowest BCUT2D eigenvalue weighted by molar-refractivity contribution is -0.403. The minimum Gasteiger partial charge on any atom is -0.228 e. The van der Waals surface area contributed by atoms with E-state index in [1.54, 1.807) is 0 Å². The van der Waals surface area contributed by atoms with Crippen molar-refractivity contribution < 1.29 is 19.6 Å². The molecule has 158 valence electrons. The average molecular weight is 391 g/mol. The first kappa shape index (κ1) is 20.7. The molecule has 0 aromatic rings. The first-order chi connectivity index (χ1) is 12.9. The highest BCUT2D eigenvalue weighted by Gasteiger charge is 2.62. The van der Waals surface area contributed by atoms with E-state index < -0.39 is 11.2 Å². The van der Waals surface area contributed by atoms with Gasteiger partial charge in [0.15, 0.2) is 11.2 Å². The highest BCUT2D eigenvalue weighted by atomic mass is 17.2. The van der Waals surface area contributed by atoms with Crippen LogP contribution in [0.2, 0.25) is 0 Å². The van der Waals surface area contributed by atoms with Gasteiger partial charge in [0.2, 0.25) is 0 Å².